The number of hydrogen-bond acceptors (Lipinski definition) is 6. The van der Waals surface area contributed by atoms with Gasteiger partial charge in [-0.25, -0.2) is 5.43 Å². The standard InChI is InChI=1S/C17H16BrN3O5/c1-10-5-11(2)17(14(18)6-10)26-9-16(23)20-19-8-12-7-13(22)3-4-15(12)21(24)25/h3-8,22H,9H2,1-2H3,(H,20,23)/b19-8-. The Bertz CT molecular complexity index is 860. The number of aromatic hydroxyl groups is 1. The van der Waals surface area contributed by atoms with Gasteiger partial charge in [-0.3, -0.25) is 14.9 Å². The van der Waals surface area contributed by atoms with E-state index in [1.807, 2.05) is 26.0 Å². The number of hydrogen-bond donors (Lipinski definition) is 2. The van der Waals surface area contributed by atoms with Gasteiger partial charge in [0.2, 0.25) is 0 Å². The predicted octanol–water partition coefficient (Wildman–Crippen LogP) is 3.21. The highest BCUT2D eigenvalue weighted by molar-refractivity contribution is 9.10. The molecule has 2 aromatic carbocycles. The van der Waals surface area contributed by atoms with Gasteiger partial charge in [-0.15, -0.1) is 0 Å². The molecule has 0 saturated heterocycles. The number of nitro groups is 1. The minimum absolute atomic E-state index is 0.0633. The molecule has 0 bridgehead atoms. The van der Waals surface area contributed by atoms with Crippen molar-refractivity contribution >= 4 is 33.7 Å². The summed E-state index contributed by atoms with van der Waals surface area (Å²) in [5, 5.41) is 24.0. The van der Waals surface area contributed by atoms with Crippen LogP contribution < -0.4 is 10.2 Å². The Balaban J connectivity index is 1.99. The Hall–Kier alpha value is -2.94. The van der Waals surface area contributed by atoms with Crippen LogP contribution in [-0.2, 0) is 4.79 Å². The Morgan fingerprint density at radius 3 is 2.77 bits per heavy atom. The van der Waals surface area contributed by atoms with Crippen molar-refractivity contribution in [3.8, 4) is 11.5 Å². The molecule has 0 spiro atoms. The largest absolute Gasteiger partial charge is 0.508 e. The zero-order valence-corrected chi connectivity index (χ0v) is 15.6. The van der Waals surface area contributed by atoms with E-state index >= 15 is 0 Å². The first-order valence-electron chi connectivity index (χ1n) is 7.47. The van der Waals surface area contributed by atoms with E-state index in [1.54, 1.807) is 0 Å². The molecule has 0 unspecified atom stereocenters. The minimum Gasteiger partial charge on any atom is -0.508 e. The lowest BCUT2D eigenvalue weighted by Crippen LogP contribution is -2.25. The van der Waals surface area contributed by atoms with Crippen LogP contribution in [0.25, 0.3) is 0 Å². The van der Waals surface area contributed by atoms with Crippen molar-refractivity contribution in [1.82, 2.24) is 5.43 Å². The van der Waals surface area contributed by atoms with E-state index in [9.17, 15) is 20.0 Å². The fraction of sp³-hybridized carbons (Fsp3) is 0.176. The molecule has 2 aromatic rings. The number of benzene rings is 2. The highest BCUT2D eigenvalue weighted by atomic mass is 79.9. The molecule has 0 fully saturated rings. The van der Waals surface area contributed by atoms with Gasteiger partial charge in [0.05, 0.1) is 21.2 Å². The van der Waals surface area contributed by atoms with Crippen LogP contribution in [0.3, 0.4) is 0 Å². The van der Waals surface area contributed by atoms with Gasteiger partial charge in [0.15, 0.2) is 6.61 Å². The van der Waals surface area contributed by atoms with Crippen molar-refractivity contribution in [3.05, 3.63) is 61.6 Å². The number of rotatable bonds is 6. The summed E-state index contributed by atoms with van der Waals surface area (Å²) in [6.07, 6.45) is 1.09. The molecule has 2 N–H and O–H groups in total. The average Bonchev–Trinajstić information content (AvgIpc) is 2.53. The highest BCUT2D eigenvalue weighted by Crippen LogP contribution is 2.30. The van der Waals surface area contributed by atoms with Crippen molar-refractivity contribution < 1.29 is 19.6 Å². The van der Waals surface area contributed by atoms with Crippen LogP contribution in [-0.4, -0.2) is 28.8 Å². The number of phenolic OH excluding ortho intramolecular Hbond substituents is 1. The zero-order chi connectivity index (χ0) is 19.3. The molecule has 0 aliphatic carbocycles. The molecule has 0 atom stereocenters. The number of aryl methyl sites for hydroxylation is 2. The molecule has 2 rings (SSSR count). The average molecular weight is 422 g/mol. The van der Waals surface area contributed by atoms with Crippen molar-refractivity contribution in [2.24, 2.45) is 5.10 Å². The summed E-state index contributed by atoms with van der Waals surface area (Å²) in [7, 11) is 0. The zero-order valence-electron chi connectivity index (χ0n) is 14.0. The van der Waals surface area contributed by atoms with Gasteiger partial charge < -0.3 is 9.84 Å². The summed E-state index contributed by atoms with van der Waals surface area (Å²) in [4.78, 5) is 22.2. The Labute approximate surface area is 157 Å². The summed E-state index contributed by atoms with van der Waals surface area (Å²) in [5.41, 5.74) is 3.98. The second kappa shape index (κ2) is 8.43. The van der Waals surface area contributed by atoms with Crippen molar-refractivity contribution in [1.29, 1.82) is 0 Å². The normalized spacial score (nSPS) is 10.7. The molecule has 136 valence electrons. The number of amides is 1. The molecule has 0 saturated carbocycles. The van der Waals surface area contributed by atoms with Crippen molar-refractivity contribution in [2.75, 3.05) is 6.61 Å². The first-order valence-corrected chi connectivity index (χ1v) is 8.26. The summed E-state index contributed by atoms with van der Waals surface area (Å²) >= 11 is 3.39. The summed E-state index contributed by atoms with van der Waals surface area (Å²) in [5.74, 6) is -0.124. The second-order valence-electron chi connectivity index (χ2n) is 5.47. The number of phenols is 1. The van der Waals surface area contributed by atoms with Crippen molar-refractivity contribution in [2.45, 2.75) is 13.8 Å². The van der Waals surface area contributed by atoms with Crippen LogP contribution in [0.1, 0.15) is 16.7 Å². The third-order valence-electron chi connectivity index (χ3n) is 3.32. The lowest BCUT2D eigenvalue weighted by molar-refractivity contribution is -0.385. The van der Waals surface area contributed by atoms with Gasteiger partial charge in [-0.05, 0) is 59.1 Å². The summed E-state index contributed by atoms with van der Waals surface area (Å²) in [6, 6.07) is 7.33. The van der Waals surface area contributed by atoms with Gasteiger partial charge in [0.1, 0.15) is 11.5 Å². The predicted molar refractivity (Wildman–Crippen MR) is 99.6 cm³/mol. The molecule has 26 heavy (non-hydrogen) atoms. The molecule has 0 aromatic heterocycles. The molecule has 1 amide bonds. The SMILES string of the molecule is Cc1cc(C)c(OCC(=O)N/N=C\c2cc(O)ccc2[N+](=O)[O-])c(Br)c1. The fourth-order valence-electron chi connectivity index (χ4n) is 2.24. The molecule has 0 heterocycles. The van der Waals surface area contributed by atoms with E-state index in [-0.39, 0.29) is 23.6 Å². The summed E-state index contributed by atoms with van der Waals surface area (Å²) < 4.78 is 6.22. The maximum atomic E-state index is 11.8. The number of carbonyl (C=O) groups is 1. The second-order valence-corrected chi connectivity index (χ2v) is 6.33. The summed E-state index contributed by atoms with van der Waals surface area (Å²) in [6.45, 7) is 3.54. The lowest BCUT2D eigenvalue weighted by atomic mass is 10.1. The van der Waals surface area contributed by atoms with Gasteiger partial charge >= 0.3 is 0 Å². The van der Waals surface area contributed by atoms with E-state index in [1.165, 1.54) is 12.1 Å². The molecule has 9 heteroatoms. The van der Waals surface area contributed by atoms with Crippen LogP contribution in [0.2, 0.25) is 0 Å². The highest BCUT2D eigenvalue weighted by Gasteiger charge is 2.13. The molecule has 0 aliphatic rings. The number of nitrogens with one attached hydrogen (secondary N) is 1. The van der Waals surface area contributed by atoms with E-state index in [4.69, 9.17) is 4.74 Å². The van der Waals surface area contributed by atoms with Crippen LogP contribution in [0.4, 0.5) is 5.69 Å². The number of carbonyl (C=O) groups excluding carboxylic acids is 1. The molecular weight excluding hydrogens is 406 g/mol. The van der Waals surface area contributed by atoms with Crippen LogP contribution >= 0.6 is 15.9 Å². The van der Waals surface area contributed by atoms with Gasteiger partial charge in [-0.2, -0.15) is 5.10 Å². The van der Waals surface area contributed by atoms with Crippen LogP contribution in [0, 0.1) is 24.0 Å². The van der Waals surface area contributed by atoms with Crippen molar-refractivity contribution in [3.63, 3.8) is 0 Å². The van der Waals surface area contributed by atoms with Crippen LogP contribution in [0.15, 0.2) is 39.9 Å². The monoisotopic (exact) mass is 421 g/mol. The molecule has 0 aliphatic heterocycles. The Kier molecular flexibility index (Phi) is 6.29. The first-order chi connectivity index (χ1) is 12.3. The molecular formula is C17H16BrN3O5. The molecule has 0 radical (unpaired) electrons. The smallest absolute Gasteiger partial charge is 0.278 e. The third-order valence-corrected chi connectivity index (χ3v) is 3.91. The number of ether oxygens (including phenoxy) is 1. The van der Waals surface area contributed by atoms with E-state index in [0.717, 1.165) is 27.9 Å². The lowest BCUT2D eigenvalue weighted by Gasteiger charge is -2.11. The number of hydrazone groups is 1. The minimum atomic E-state index is -0.608. The van der Waals surface area contributed by atoms with Gasteiger partial charge in [-0.1, -0.05) is 6.07 Å². The quantitative estimate of drug-likeness (QED) is 0.422. The number of nitro benzene ring substituents is 1. The number of nitrogens with zero attached hydrogens (tertiary/aromatic N) is 2. The topological polar surface area (TPSA) is 114 Å². The van der Waals surface area contributed by atoms with E-state index < -0.39 is 10.8 Å². The van der Waals surface area contributed by atoms with Crippen LogP contribution in [0.5, 0.6) is 11.5 Å². The van der Waals surface area contributed by atoms with E-state index in [0.29, 0.717) is 5.75 Å². The molecule has 8 nitrogen and oxygen atoms in total. The maximum Gasteiger partial charge on any atom is 0.278 e. The van der Waals surface area contributed by atoms with E-state index in [2.05, 4.69) is 26.5 Å². The maximum absolute atomic E-state index is 11.8. The van der Waals surface area contributed by atoms with Gasteiger partial charge in [0.25, 0.3) is 11.6 Å². The third kappa shape index (κ3) is 5.03. The van der Waals surface area contributed by atoms with Gasteiger partial charge in [0, 0.05) is 6.07 Å². The fourth-order valence-corrected chi connectivity index (χ4v) is 3.03. The number of halogens is 1. The first kappa shape index (κ1) is 19.4. The Morgan fingerprint density at radius 1 is 1.38 bits per heavy atom. The Morgan fingerprint density at radius 2 is 2.12 bits per heavy atom.